The minimum Gasteiger partial charge on any atom is -0.496 e. The Balaban J connectivity index is 1.43. The molecule has 2 aromatic carbocycles. The van der Waals surface area contributed by atoms with E-state index in [0.29, 0.717) is 17.5 Å². The summed E-state index contributed by atoms with van der Waals surface area (Å²) < 4.78 is 8.84. The zero-order valence-electron chi connectivity index (χ0n) is 19.9. The Hall–Kier alpha value is -3.66. The summed E-state index contributed by atoms with van der Waals surface area (Å²) in [7, 11) is 1.67. The number of ether oxygens (including phenoxy) is 1. The molecule has 0 fully saturated rings. The van der Waals surface area contributed by atoms with Gasteiger partial charge in [0.25, 0.3) is 0 Å². The minimum absolute atomic E-state index is 0.162. The smallest absolute Gasteiger partial charge is 0.235 e. The third kappa shape index (κ3) is 4.96. The van der Waals surface area contributed by atoms with Crippen LogP contribution in [0.5, 0.6) is 5.75 Å². The highest BCUT2D eigenvalue weighted by Gasteiger charge is 2.15. The molecule has 0 bridgehead atoms. The zero-order valence-corrected chi connectivity index (χ0v) is 20.7. The van der Waals surface area contributed by atoms with Gasteiger partial charge in [0.1, 0.15) is 11.6 Å². The van der Waals surface area contributed by atoms with Crippen molar-refractivity contribution in [1.29, 1.82) is 0 Å². The molecule has 176 valence electrons. The Morgan fingerprint density at radius 1 is 1.09 bits per heavy atom. The molecule has 0 aliphatic rings. The first kappa shape index (κ1) is 23.5. The normalized spacial score (nSPS) is 11.0. The Kier molecular flexibility index (Phi) is 6.97. The summed E-state index contributed by atoms with van der Waals surface area (Å²) in [6.45, 7) is 8.66. The monoisotopic (exact) mass is 477 g/mol. The molecule has 0 unspecified atom stereocenters. The molecule has 1 N–H and O–H groups in total. The Morgan fingerprint density at radius 3 is 2.71 bits per heavy atom. The van der Waals surface area contributed by atoms with Crippen molar-refractivity contribution in [2.75, 3.05) is 18.2 Å². The van der Waals surface area contributed by atoms with Crippen molar-refractivity contribution >= 4 is 23.5 Å². The highest BCUT2D eigenvalue weighted by atomic mass is 32.2. The standard InChI is InChI=1S/C24H27N7O2S/c1-15-7-6-8-20(18(15)4)31-24(27-28-29-31)34-14-23(32)26-22-9-10-25-30(22)13-19-11-17(3)21(33-5)12-16(19)2/h6-12H,13-14H2,1-5H3,(H,26,32). The summed E-state index contributed by atoms with van der Waals surface area (Å²) in [5.74, 6) is 1.49. The second kappa shape index (κ2) is 10.1. The lowest BCUT2D eigenvalue weighted by Gasteiger charge is -2.13. The van der Waals surface area contributed by atoms with Crippen LogP contribution in [0.2, 0.25) is 0 Å². The lowest BCUT2D eigenvalue weighted by atomic mass is 10.0. The van der Waals surface area contributed by atoms with Crippen LogP contribution in [0.15, 0.2) is 47.8 Å². The fourth-order valence-electron chi connectivity index (χ4n) is 3.66. The molecular weight excluding hydrogens is 450 g/mol. The topological polar surface area (TPSA) is 99.8 Å². The van der Waals surface area contributed by atoms with E-state index in [0.717, 1.165) is 39.3 Å². The van der Waals surface area contributed by atoms with Crippen molar-refractivity contribution in [3.05, 3.63) is 70.4 Å². The highest BCUT2D eigenvalue weighted by Crippen LogP contribution is 2.25. The van der Waals surface area contributed by atoms with Crippen LogP contribution in [0.4, 0.5) is 5.82 Å². The molecule has 0 saturated heterocycles. The van der Waals surface area contributed by atoms with Gasteiger partial charge in [-0.3, -0.25) is 4.79 Å². The number of tetrazole rings is 1. The van der Waals surface area contributed by atoms with Crippen molar-refractivity contribution in [3.63, 3.8) is 0 Å². The molecule has 10 heteroatoms. The maximum absolute atomic E-state index is 12.7. The van der Waals surface area contributed by atoms with Gasteiger partial charge in [0.15, 0.2) is 0 Å². The molecule has 2 aromatic heterocycles. The van der Waals surface area contributed by atoms with E-state index in [9.17, 15) is 4.79 Å². The maximum Gasteiger partial charge on any atom is 0.235 e. The third-order valence-corrected chi connectivity index (χ3v) is 6.65. The van der Waals surface area contributed by atoms with Crippen LogP contribution in [-0.4, -0.2) is 48.8 Å². The molecule has 1 amide bonds. The number of methoxy groups -OCH3 is 1. The van der Waals surface area contributed by atoms with Gasteiger partial charge in [-0.1, -0.05) is 30.0 Å². The van der Waals surface area contributed by atoms with E-state index >= 15 is 0 Å². The molecule has 0 radical (unpaired) electrons. The number of thioether (sulfide) groups is 1. The molecule has 9 nitrogen and oxygen atoms in total. The zero-order chi connectivity index (χ0) is 24.2. The molecule has 0 saturated carbocycles. The number of aromatic nitrogens is 6. The second-order valence-electron chi connectivity index (χ2n) is 8.05. The van der Waals surface area contributed by atoms with E-state index in [4.69, 9.17) is 4.74 Å². The lowest BCUT2D eigenvalue weighted by Crippen LogP contribution is -2.18. The summed E-state index contributed by atoms with van der Waals surface area (Å²) in [5, 5.41) is 19.9. The largest absolute Gasteiger partial charge is 0.496 e. The maximum atomic E-state index is 12.7. The molecular formula is C24H27N7O2S. The van der Waals surface area contributed by atoms with Crippen LogP contribution in [-0.2, 0) is 11.3 Å². The van der Waals surface area contributed by atoms with Crippen LogP contribution in [0.3, 0.4) is 0 Å². The number of aryl methyl sites for hydroxylation is 3. The van der Waals surface area contributed by atoms with E-state index in [-0.39, 0.29) is 11.7 Å². The van der Waals surface area contributed by atoms with E-state index in [2.05, 4.69) is 32.0 Å². The first-order valence-electron chi connectivity index (χ1n) is 10.8. The average molecular weight is 478 g/mol. The van der Waals surface area contributed by atoms with Crippen molar-refractivity contribution in [3.8, 4) is 11.4 Å². The summed E-state index contributed by atoms with van der Waals surface area (Å²) in [4.78, 5) is 12.7. The molecule has 34 heavy (non-hydrogen) atoms. The fourth-order valence-corrected chi connectivity index (χ4v) is 4.34. The van der Waals surface area contributed by atoms with E-state index in [1.807, 2.05) is 52.0 Å². The SMILES string of the molecule is COc1cc(C)c(Cn2nccc2NC(=O)CSc2nnnn2-c2cccc(C)c2C)cc1C. The molecule has 4 rings (SSSR count). The molecule has 0 spiro atoms. The number of rotatable bonds is 8. The van der Waals surface area contributed by atoms with Crippen LogP contribution < -0.4 is 10.1 Å². The van der Waals surface area contributed by atoms with Gasteiger partial charge in [0.2, 0.25) is 11.1 Å². The van der Waals surface area contributed by atoms with Crippen molar-refractivity contribution in [2.45, 2.75) is 39.4 Å². The molecule has 0 aliphatic heterocycles. The first-order valence-corrected chi connectivity index (χ1v) is 11.8. The molecule has 0 aliphatic carbocycles. The van der Waals surface area contributed by atoms with Crippen LogP contribution >= 0.6 is 11.8 Å². The predicted molar refractivity (Wildman–Crippen MR) is 132 cm³/mol. The minimum atomic E-state index is -0.162. The van der Waals surface area contributed by atoms with Gasteiger partial charge in [0, 0.05) is 6.07 Å². The lowest BCUT2D eigenvalue weighted by molar-refractivity contribution is -0.113. The fraction of sp³-hybridized carbons (Fsp3) is 0.292. The first-order chi connectivity index (χ1) is 16.4. The van der Waals surface area contributed by atoms with E-state index in [1.165, 1.54) is 11.8 Å². The van der Waals surface area contributed by atoms with Gasteiger partial charge in [-0.2, -0.15) is 9.78 Å². The Bertz CT molecular complexity index is 1330. The number of hydrogen-bond acceptors (Lipinski definition) is 7. The number of amides is 1. The predicted octanol–water partition coefficient (Wildman–Crippen LogP) is 3.88. The number of benzene rings is 2. The molecule has 2 heterocycles. The van der Waals surface area contributed by atoms with Crippen LogP contribution in [0.1, 0.15) is 27.8 Å². The average Bonchev–Trinajstić information content (AvgIpc) is 3.46. The summed E-state index contributed by atoms with van der Waals surface area (Å²) in [6.07, 6.45) is 1.68. The Labute approximate surface area is 202 Å². The van der Waals surface area contributed by atoms with Gasteiger partial charge in [-0.05, 0) is 78.1 Å². The molecule has 0 atom stereocenters. The van der Waals surface area contributed by atoms with E-state index < -0.39 is 0 Å². The number of carbonyl (C=O) groups is 1. The summed E-state index contributed by atoms with van der Waals surface area (Å²) in [5.41, 5.74) is 6.41. The van der Waals surface area contributed by atoms with Crippen molar-refractivity contribution in [1.82, 2.24) is 30.0 Å². The van der Waals surface area contributed by atoms with Crippen molar-refractivity contribution < 1.29 is 9.53 Å². The van der Waals surface area contributed by atoms with Crippen LogP contribution in [0, 0.1) is 27.7 Å². The summed E-state index contributed by atoms with van der Waals surface area (Å²) in [6, 6.07) is 11.9. The third-order valence-electron chi connectivity index (χ3n) is 5.74. The highest BCUT2D eigenvalue weighted by molar-refractivity contribution is 7.99. The number of anilines is 1. The van der Waals surface area contributed by atoms with Gasteiger partial charge in [-0.15, -0.1) is 5.10 Å². The Morgan fingerprint density at radius 2 is 1.91 bits per heavy atom. The van der Waals surface area contributed by atoms with Gasteiger partial charge in [0.05, 0.1) is 31.3 Å². The second-order valence-corrected chi connectivity index (χ2v) is 8.99. The van der Waals surface area contributed by atoms with Crippen LogP contribution in [0.25, 0.3) is 5.69 Å². The van der Waals surface area contributed by atoms with Gasteiger partial charge < -0.3 is 10.1 Å². The summed E-state index contributed by atoms with van der Waals surface area (Å²) >= 11 is 1.28. The number of hydrogen-bond donors (Lipinski definition) is 1. The number of carbonyl (C=O) groups excluding carboxylic acids is 1. The number of nitrogens with zero attached hydrogens (tertiary/aromatic N) is 6. The van der Waals surface area contributed by atoms with Crippen molar-refractivity contribution in [2.24, 2.45) is 0 Å². The number of nitrogens with one attached hydrogen (secondary N) is 1. The van der Waals surface area contributed by atoms with E-state index in [1.54, 1.807) is 28.7 Å². The van der Waals surface area contributed by atoms with Gasteiger partial charge in [-0.25, -0.2) is 4.68 Å². The quantitative estimate of drug-likeness (QED) is 0.385. The van der Waals surface area contributed by atoms with Gasteiger partial charge >= 0.3 is 0 Å². The molecule has 4 aromatic rings.